The lowest BCUT2D eigenvalue weighted by Gasteiger charge is -2.27. The van der Waals surface area contributed by atoms with Gasteiger partial charge in [-0.2, -0.15) is 22.8 Å². The third-order valence-electron chi connectivity index (χ3n) is 6.06. The van der Waals surface area contributed by atoms with E-state index in [-0.39, 0.29) is 18.2 Å². The molecule has 0 radical (unpaired) electrons. The number of benzene rings is 2. The number of aliphatic hydroxyl groups is 1. The number of alkyl halides is 3. The summed E-state index contributed by atoms with van der Waals surface area (Å²) in [6.45, 7) is 0.783. The van der Waals surface area contributed by atoms with Gasteiger partial charge in [0.2, 0.25) is 5.95 Å². The van der Waals surface area contributed by atoms with Crippen molar-refractivity contribution in [3.8, 4) is 17.1 Å². The van der Waals surface area contributed by atoms with Crippen LogP contribution in [-0.4, -0.2) is 72.8 Å². The van der Waals surface area contributed by atoms with Crippen molar-refractivity contribution in [3.63, 3.8) is 0 Å². The second-order valence-electron chi connectivity index (χ2n) is 8.73. The molecule has 1 atom stereocenters. The van der Waals surface area contributed by atoms with Crippen molar-refractivity contribution in [3.05, 3.63) is 74.9 Å². The average Bonchev–Trinajstić information content (AvgIpc) is 3.46. The number of aromatic nitrogens is 6. The standard InChI is InChI=1S/C24H22Cl2F3N7O3/c25-16-7-5-15(6-8-16)21-32-35(23(38)34(21)13-19(37)24(27,28)29)14-20-30-22(33-9-11-39-12-10-33)36(31-20)18-4-2-1-3-17(18)26/h1-8,19,37H,9-14H2/t19-/m0/s1. The van der Waals surface area contributed by atoms with E-state index >= 15 is 0 Å². The number of rotatable bonds is 7. The van der Waals surface area contributed by atoms with Crippen molar-refractivity contribution in [2.24, 2.45) is 0 Å². The lowest BCUT2D eigenvalue weighted by Crippen LogP contribution is -2.38. The van der Waals surface area contributed by atoms with Crippen molar-refractivity contribution in [2.75, 3.05) is 31.2 Å². The minimum atomic E-state index is -4.93. The lowest BCUT2D eigenvalue weighted by molar-refractivity contribution is -0.207. The third-order valence-corrected chi connectivity index (χ3v) is 6.63. The van der Waals surface area contributed by atoms with E-state index < -0.39 is 24.5 Å². The molecule has 3 heterocycles. The zero-order chi connectivity index (χ0) is 27.7. The zero-order valence-electron chi connectivity index (χ0n) is 20.2. The van der Waals surface area contributed by atoms with Crippen molar-refractivity contribution in [1.29, 1.82) is 0 Å². The van der Waals surface area contributed by atoms with Gasteiger partial charge >= 0.3 is 11.9 Å². The smallest absolute Gasteiger partial charge is 0.382 e. The maximum atomic E-state index is 13.3. The van der Waals surface area contributed by atoms with Crippen LogP contribution in [0.3, 0.4) is 0 Å². The van der Waals surface area contributed by atoms with Crippen LogP contribution in [0, 0.1) is 0 Å². The molecule has 10 nitrogen and oxygen atoms in total. The molecule has 2 aromatic carbocycles. The van der Waals surface area contributed by atoms with Gasteiger partial charge in [0.25, 0.3) is 0 Å². The Morgan fingerprint density at radius 3 is 2.38 bits per heavy atom. The molecule has 0 unspecified atom stereocenters. The first-order valence-corrected chi connectivity index (χ1v) is 12.6. The van der Waals surface area contributed by atoms with Gasteiger partial charge in [0, 0.05) is 23.7 Å². The second kappa shape index (κ2) is 11.0. The van der Waals surface area contributed by atoms with E-state index in [1.807, 2.05) is 4.90 Å². The molecular formula is C24H22Cl2F3N7O3. The van der Waals surface area contributed by atoms with Crippen molar-refractivity contribution >= 4 is 29.2 Å². The molecule has 39 heavy (non-hydrogen) atoms. The SMILES string of the molecule is O=c1n(Cc2nc(N3CCOCC3)n(-c3ccccc3Cl)n2)nc(-c2ccc(Cl)cc2)n1C[C@H](O)C(F)(F)F. The van der Waals surface area contributed by atoms with Gasteiger partial charge in [-0.1, -0.05) is 35.3 Å². The molecule has 0 bridgehead atoms. The molecule has 4 aromatic rings. The molecule has 2 aromatic heterocycles. The van der Waals surface area contributed by atoms with E-state index in [4.69, 9.17) is 27.9 Å². The van der Waals surface area contributed by atoms with Gasteiger partial charge in [-0.15, -0.1) is 10.2 Å². The average molecular weight is 584 g/mol. The Balaban J connectivity index is 1.56. The van der Waals surface area contributed by atoms with E-state index in [2.05, 4.69) is 15.2 Å². The van der Waals surface area contributed by atoms with Crippen LogP contribution >= 0.6 is 23.2 Å². The molecular weight excluding hydrogens is 562 g/mol. The van der Waals surface area contributed by atoms with Gasteiger partial charge in [-0.05, 0) is 36.4 Å². The fourth-order valence-electron chi connectivity index (χ4n) is 4.10. The number of nitrogens with zero attached hydrogens (tertiary/aromatic N) is 7. The summed E-state index contributed by atoms with van der Waals surface area (Å²) in [6, 6.07) is 13.1. The first kappa shape index (κ1) is 27.2. The van der Waals surface area contributed by atoms with Crippen molar-refractivity contribution in [1.82, 2.24) is 29.1 Å². The van der Waals surface area contributed by atoms with E-state index in [1.54, 1.807) is 28.9 Å². The quantitative estimate of drug-likeness (QED) is 0.355. The molecule has 0 amide bonds. The highest BCUT2D eigenvalue weighted by molar-refractivity contribution is 6.32. The Kier molecular flexibility index (Phi) is 7.67. The van der Waals surface area contributed by atoms with E-state index in [1.165, 1.54) is 24.3 Å². The fourth-order valence-corrected chi connectivity index (χ4v) is 4.44. The summed E-state index contributed by atoms with van der Waals surface area (Å²) in [7, 11) is 0. The highest BCUT2D eigenvalue weighted by atomic mass is 35.5. The van der Waals surface area contributed by atoms with Crippen LogP contribution < -0.4 is 10.6 Å². The Bertz CT molecular complexity index is 1510. The number of morpholine rings is 1. The Labute approximate surface area is 229 Å². The van der Waals surface area contributed by atoms with E-state index in [0.29, 0.717) is 53.5 Å². The molecule has 1 aliphatic rings. The Hall–Kier alpha value is -3.39. The summed E-state index contributed by atoms with van der Waals surface area (Å²) < 4.78 is 48.2. The number of para-hydroxylation sites is 1. The van der Waals surface area contributed by atoms with Crippen LogP contribution in [-0.2, 0) is 17.8 Å². The van der Waals surface area contributed by atoms with Crippen LogP contribution in [0.2, 0.25) is 10.0 Å². The minimum absolute atomic E-state index is 0.0705. The van der Waals surface area contributed by atoms with Crippen LogP contribution in [0.4, 0.5) is 19.1 Å². The lowest BCUT2D eigenvalue weighted by atomic mass is 10.2. The number of aliphatic hydroxyl groups excluding tert-OH is 1. The van der Waals surface area contributed by atoms with Crippen LogP contribution in [0.25, 0.3) is 17.1 Å². The number of ether oxygens (including phenoxy) is 1. The summed E-state index contributed by atoms with van der Waals surface area (Å²) in [5.41, 5.74) is 0.0332. The van der Waals surface area contributed by atoms with Crippen LogP contribution in [0.15, 0.2) is 53.3 Å². The van der Waals surface area contributed by atoms with Gasteiger partial charge in [0.05, 0.1) is 30.5 Å². The number of hydrogen-bond donors (Lipinski definition) is 1. The molecule has 1 saturated heterocycles. The van der Waals surface area contributed by atoms with Gasteiger partial charge in [0.15, 0.2) is 17.8 Å². The topological polar surface area (TPSA) is 103 Å². The minimum Gasteiger partial charge on any atom is -0.382 e. The first-order chi connectivity index (χ1) is 18.6. The Morgan fingerprint density at radius 2 is 1.72 bits per heavy atom. The molecule has 206 valence electrons. The fraction of sp³-hybridized carbons (Fsp3) is 0.333. The number of halogens is 5. The first-order valence-electron chi connectivity index (χ1n) is 11.8. The molecule has 5 rings (SSSR count). The van der Waals surface area contributed by atoms with Crippen LogP contribution in [0.5, 0.6) is 0 Å². The third kappa shape index (κ3) is 5.81. The van der Waals surface area contributed by atoms with E-state index in [0.717, 1.165) is 9.25 Å². The predicted molar refractivity (Wildman–Crippen MR) is 137 cm³/mol. The molecule has 1 fully saturated rings. The molecule has 15 heteroatoms. The molecule has 1 aliphatic heterocycles. The van der Waals surface area contributed by atoms with Gasteiger partial charge < -0.3 is 14.7 Å². The summed E-state index contributed by atoms with van der Waals surface area (Å²) in [6.07, 6.45) is -7.70. The van der Waals surface area contributed by atoms with E-state index in [9.17, 15) is 23.1 Å². The highest BCUT2D eigenvalue weighted by Crippen LogP contribution is 2.26. The zero-order valence-corrected chi connectivity index (χ0v) is 21.7. The van der Waals surface area contributed by atoms with Gasteiger partial charge in [-0.3, -0.25) is 4.57 Å². The maximum absolute atomic E-state index is 13.3. The van der Waals surface area contributed by atoms with Crippen LogP contribution in [0.1, 0.15) is 5.82 Å². The van der Waals surface area contributed by atoms with Crippen molar-refractivity contribution < 1.29 is 23.0 Å². The predicted octanol–water partition coefficient (Wildman–Crippen LogP) is 3.41. The van der Waals surface area contributed by atoms with Gasteiger partial charge in [-0.25, -0.2) is 9.48 Å². The Morgan fingerprint density at radius 1 is 1.03 bits per heavy atom. The number of hydrogen-bond acceptors (Lipinski definition) is 7. The molecule has 0 aliphatic carbocycles. The molecule has 1 N–H and O–H groups in total. The summed E-state index contributed by atoms with van der Waals surface area (Å²) in [5, 5.41) is 19.4. The number of anilines is 1. The molecule has 0 saturated carbocycles. The summed E-state index contributed by atoms with van der Waals surface area (Å²) >= 11 is 12.4. The normalized spacial score (nSPS) is 15.1. The van der Waals surface area contributed by atoms with Crippen molar-refractivity contribution in [2.45, 2.75) is 25.4 Å². The maximum Gasteiger partial charge on any atom is 0.416 e. The van der Waals surface area contributed by atoms with Gasteiger partial charge in [0.1, 0.15) is 6.54 Å². The second-order valence-corrected chi connectivity index (χ2v) is 9.57. The largest absolute Gasteiger partial charge is 0.416 e. The monoisotopic (exact) mass is 583 g/mol. The summed E-state index contributed by atoms with van der Waals surface area (Å²) in [4.78, 5) is 19.8. The molecule has 0 spiro atoms. The summed E-state index contributed by atoms with van der Waals surface area (Å²) in [5.74, 6) is 0.584. The highest BCUT2D eigenvalue weighted by Gasteiger charge is 2.39.